The number of rotatable bonds is 3. The zero-order chi connectivity index (χ0) is 14.7. The van der Waals surface area contributed by atoms with Gasteiger partial charge in [-0.15, -0.1) is 0 Å². The van der Waals surface area contributed by atoms with Crippen LogP contribution < -0.4 is 0 Å². The summed E-state index contributed by atoms with van der Waals surface area (Å²) in [5.41, 5.74) is 0.622. The average molecular weight is 275 g/mol. The smallest absolute Gasteiger partial charge is 0.354 e. The van der Waals surface area contributed by atoms with Crippen molar-refractivity contribution in [2.24, 2.45) is 0 Å². The van der Waals surface area contributed by atoms with E-state index in [0.717, 1.165) is 13.2 Å². The van der Waals surface area contributed by atoms with E-state index in [-0.39, 0.29) is 11.3 Å². The fourth-order valence-electron chi connectivity index (χ4n) is 1.70. The maximum Gasteiger partial charge on any atom is 0.354 e. The van der Waals surface area contributed by atoms with Crippen LogP contribution in [0.1, 0.15) is 20.8 Å². The Bertz CT molecular complexity index is 685. The SMILES string of the molecule is COC(=O)c1ccc(-c2ccnc(C(=O)O)c2)cc1F. The molecule has 0 unspecified atom stereocenters. The van der Waals surface area contributed by atoms with E-state index < -0.39 is 17.8 Å². The van der Waals surface area contributed by atoms with Crippen molar-refractivity contribution in [3.8, 4) is 11.1 Å². The molecule has 2 rings (SSSR count). The molecular formula is C14H10FNO4. The summed E-state index contributed by atoms with van der Waals surface area (Å²) in [6.45, 7) is 0. The van der Waals surface area contributed by atoms with Crippen molar-refractivity contribution in [2.75, 3.05) is 7.11 Å². The molecule has 1 aromatic carbocycles. The normalized spacial score (nSPS) is 10.1. The molecule has 1 aromatic heterocycles. The van der Waals surface area contributed by atoms with Crippen LogP contribution in [0.25, 0.3) is 11.1 Å². The Kier molecular flexibility index (Phi) is 3.74. The lowest BCUT2D eigenvalue weighted by molar-refractivity contribution is 0.0594. The van der Waals surface area contributed by atoms with Crippen molar-refractivity contribution in [3.63, 3.8) is 0 Å². The second-order valence-corrected chi connectivity index (χ2v) is 3.92. The minimum absolute atomic E-state index is 0.139. The zero-order valence-corrected chi connectivity index (χ0v) is 10.5. The number of halogens is 1. The zero-order valence-electron chi connectivity index (χ0n) is 10.5. The first-order valence-electron chi connectivity index (χ1n) is 5.60. The summed E-state index contributed by atoms with van der Waals surface area (Å²) in [6, 6.07) is 6.83. The number of hydrogen-bond donors (Lipinski definition) is 1. The van der Waals surface area contributed by atoms with E-state index in [9.17, 15) is 14.0 Å². The lowest BCUT2D eigenvalue weighted by Crippen LogP contribution is -2.04. The van der Waals surface area contributed by atoms with E-state index in [1.165, 1.54) is 24.4 Å². The molecule has 0 aliphatic rings. The van der Waals surface area contributed by atoms with Crippen LogP contribution in [0.5, 0.6) is 0 Å². The van der Waals surface area contributed by atoms with Crippen molar-refractivity contribution in [3.05, 3.63) is 53.6 Å². The van der Waals surface area contributed by atoms with Crippen LogP contribution in [0.2, 0.25) is 0 Å². The number of ether oxygens (including phenoxy) is 1. The van der Waals surface area contributed by atoms with E-state index in [1.807, 2.05) is 0 Å². The van der Waals surface area contributed by atoms with E-state index in [2.05, 4.69) is 9.72 Å². The summed E-state index contributed by atoms with van der Waals surface area (Å²) in [5.74, 6) is -2.67. The van der Waals surface area contributed by atoms with Gasteiger partial charge in [-0.3, -0.25) is 0 Å². The number of benzene rings is 1. The molecule has 0 saturated carbocycles. The Morgan fingerprint density at radius 2 is 1.90 bits per heavy atom. The summed E-state index contributed by atoms with van der Waals surface area (Å²) >= 11 is 0. The monoisotopic (exact) mass is 275 g/mol. The maximum atomic E-state index is 13.8. The number of pyridine rings is 1. The number of carboxylic acid groups (broad SMARTS) is 1. The quantitative estimate of drug-likeness (QED) is 0.870. The molecule has 0 radical (unpaired) electrons. The number of esters is 1. The molecular weight excluding hydrogens is 265 g/mol. The fourth-order valence-corrected chi connectivity index (χ4v) is 1.70. The van der Waals surface area contributed by atoms with Gasteiger partial charge in [-0.2, -0.15) is 0 Å². The molecule has 1 heterocycles. The van der Waals surface area contributed by atoms with Crippen LogP contribution in [0.3, 0.4) is 0 Å². The minimum Gasteiger partial charge on any atom is -0.477 e. The number of hydrogen-bond acceptors (Lipinski definition) is 4. The molecule has 0 atom stereocenters. The first-order valence-corrected chi connectivity index (χ1v) is 5.60. The highest BCUT2D eigenvalue weighted by Gasteiger charge is 2.13. The molecule has 1 N–H and O–H groups in total. The second kappa shape index (κ2) is 5.48. The Labute approximate surface area is 113 Å². The maximum absolute atomic E-state index is 13.8. The van der Waals surface area contributed by atoms with E-state index >= 15 is 0 Å². The Morgan fingerprint density at radius 3 is 2.50 bits per heavy atom. The summed E-state index contributed by atoms with van der Waals surface area (Å²) < 4.78 is 18.2. The summed E-state index contributed by atoms with van der Waals surface area (Å²) in [7, 11) is 1.16. The van der Waals surface area contributed by atoms with Gasteiger partial charge in [0.2, 0.25) is 0 Å². The van der Waals surface area contributed by atoms with Gasteiger partial charge < -0.3 is 9.84 Å². The van der Waals surface area contributed by atoms with Crippen molar-refractivity contribution in [1.29, 1.82) is 0 Å². The number of nitrogens with zero attached hydrogens (tertiary/aromatic N) is 1. The van der Waals surface area contributed by atoms with Gasteiger partial charge in [0.25, 0.3) is 0 Å². The van der Waals surface area contributed by atoms with Crippen LogP contribution in [-0.2, 0) is 4.74 Å². The van der Waals surface area contributed by atoms with Crippen molar-refractivity contribution < 1.29 is 23.8 Å². The molecule has 0 aliphatic carbocycles. The van der Waals surface area contributed by atoms with Crippen molar-refractivity contribution >= 4 is 11.9 Å². The lowest BCUT2D eigenvalue weighted by atomic mass is 10.0. The lowest BCUT2D eigenvalue weighted by Gasteiger charge is -2.05. The van der Waals surface area contributed by atoms with Crippen LogP contribution in [0.4, 0.5) is 4.39 Å². The second-order valence-electron chi connectivity index (χ2n) is 3.92. The molecule has 0 fully saturated rings. The van der Waals surface area contributed by atoms with Gasteiger partial charge in [0.1, 0.15) is 11.5 Å². The molecule has 0 bridgehead atoms. The number of aromatic carboxylic acids is 1. The number of aromatic nitrogens is 1. The largest absolute Gasteiger partial charge is 0.477 e. The Morgan fingerprint density at radius 1 is 1.20 bits per heavy atom. The summed E-state index contributed by atoms with van der Waals surface area (Å²) in [6.07, 6.45) is 1.32. The predicted octanol–water partition coefficient (Wildman–Crippen LogP) is 2.37. The van der Waals surface area contributed by atoms with Gasteiger partial charge in [-0.1, -0.05) is 6.07 Å². The summed E-state index contributed by atoms with van der Waals surface area (Å²) in [4.78, 5) is 25.8. The van der Waals surface area contributed by atoms with Gasteiger partial charge in [0.15, 0.2) is 0 Å². The average Bonchev–Trinajstić information content (AvgIpc) is 2.46. The molecule has 2 aromatic rings. The number of carbonyl (C=O) groups is 2. The number of carbonyl (C=O) groups excluding carboxylic acids is 1. The van der Waals surface area contributed by atoms with Crippen LogP contribution in [0, 0.1) is 5.82 Å². The van der Waals surface area contributed by atoms with Crippen molar-refractivity contribution in [1.82, 2.24) is 4.98 Å². The van der Waals surface area contributed by atoms with Crippen molar-refractivity contribution in [2.45, 2.75) is 0 Å². The number of carboxylic acids is 1. The van der Waals surface area contributed by atoms with E-state index in [1.54, 1.807) is 6.07 Å². The van der Waals surface area contributed by atoms with Crippen LogP contribution >= 0.6 is 0 Å². The third-order valence-electron chi connectivity index (χ3n) is 2.69. The number of methoxy groups -OCH3 is 1. The molecule has 0 aliphatic heterocycles. The molecule has 0 saturated heterocycles. The van der Waals surface area contributed by atoms with Gasteiger partial charge in [-0.25, -0.2) is 19.0 Å². The first kappa shape index (κ1) is 13.7. The fraction of sp³-hybridized carbons (Fsp3) is 0.0714. The highest BCUT2D eigenvalue weighted by atomic mass is 19.1. The Hall–Kier alpha value is -2.76. The molecule has 5 nitrogen and oxygen atoms in total. The predicted molar refractivity (Wildman–Crippen MR) is 67.9 cm³/mol. The third-order valence-corrected chi connectivity index (χ3v) is 2.69. The highest BCUT2D eigenvalue weighted by molar-refractivity contribution is 5.91. The van der Waals surface area contributed by atoms with Crippen LogP contribution in [-0.4, -0.2) is 29.1 Å². The Balaban J connectivity index is 2.44. The van der Waals surface area contributed by atoms with Gasteiger partial charge in [0.05, 0.1) is 12.7 Å². The molecule has 0 spiro atoms. The topological polar surface area (TPSA) is 76.5 Å². The van der Waals surface area contributed by atoms with Crippen LogP contribution in [0.15, 0.2) is 36.5 Å². The van der Waals surface area contributed by atoms with E-state index in [4.69, 9.17) is 5.11 Å². The van der Waals surface area contributed by atoms with E-state index in [0.29, 0.717) is 11.1 Å². The highest BCUT2D eigenvalue weighted by Crippen LogP contribution is 2.22. The molecule has 102 valence electrons. The first-order chi connectivity index (χ1) is 9.52. The van der Waals surface area contributed by atoms with Gasteiger partial charge in [-0.05, 0) is 35.4 Å². The minimum atomic E-state index is -1.17. The van der Waals surface area contributed by atoms with Gasteiger partial charge in [0, 0.05) is 6.20 Å². The standard InChI is InChI=1S/C14H10FNO4/c1-20-14(19)10-3-2-8(6-11(10)15)9-4-5-16-12(7-9)13(17)18/h2-7H,1H3,(H,17,18). The molecule has 20 heavy (non-hydrogen) atoms. The molecule has 6 heteroatoms. The summed E-state index contributed by atoms with van der Waals surface area (Å²) in [5, 5.41) is 8.86. The molecule has 0 amide bonds. The third kappa shape index (κ3) is 2.64. The van der Waals surface area contributed by atoms with Gasteiger partial charge >= 0.3 is 11.9 Å².